The largest absolute Gasteiger partial charge is 0.401 e. The normalized spacial score (nSPS) is 15.6. The lowest BCUT2D eigenvalue weighted by atomic mass is 9.78. The van der Waals surface area contributed by atoms with Crippen molar-refractivity contribution in [1.82, 2.24) is 0 Å². The van der Waals surface area contributed by atoms with E-state index in [2.05, 4.69) is 0 Å². The van der Waals surface area contributed by atoms with Crippen LogP contribution in [0.25, 0.3) is 0 Å². The molecule has 2 nitrogen and oxygen atoms in total. The third-order valence-corrected chi connectivity index (χ3v) is 3.83. The van der Waals surface area contributed by atoms with E-state index in [0.29, 0.717) is 12.1 Å². The molecule has 0 aromatic carbocycles. The first kappa shape index (κ1) is 23.7. The molecule has 0 aliphatic carbocycles. The Labute approximate surface area is 141 Å². The third kappa shape index (κ3) is 4.65. The second-order valence-corrected chi connectivity index (χ2v) is 6.00. The quantitative estimate of drug-likeness (QED) is 0.387. The van der Waals surface area contributed by atoms with Crippen LogP contribution < -0.4 is 0 Å². The smallest absolute Gasteiger partial charge is 0.203 e. The molecular weight excluding hydrogens is 449 g/mol. The van der Waals surface area contributed by atoms with Crippen LogP contribution in [0.1, 0.15) is 12.8 Å². The number of rotatable bonds is 7. The molecule has 0 aromatic heterocycles. The molecule has 0 heterocycles. The van der Waals surface area contributed by atoms with Crippen LogP contribution in [-0.4, -0.2) is 35.2 Å². The standard InChI is InChI=1S/C11H6BrF11N2/c12-5(10(19,20)21)1-7(3-24,4-25)2-8(15,16)11(22,23)9(17,18)6(13)14/h5-6H,1-2H2. The second kappa shape index (κ2) is 7.13. The summed E-state index contributed by atoms with van der Waals surface area (Å²) in [5.74, 6) is -19.4. The SMILES string of the molecule is N#CC(C#N)(CC(Br)C(F)(F)F)CC(F)(F)C(F)(F)C(F)(F)C(F)F. The average Bonchev–Trinajstić information content (AvgIpc) is 2.44. The summed E-state index contributed by atoms with van der Waals surface area (Å²) in [5, 5.41) is 17.3. The van der Waals surface area contributed by atoms with Crippen molar-refractivity contribution >= 4 is 15.9 Å². The second-order valence-electron chi connectivity index (χ2n) is 4.90. The summed E-state index contributed by atoms with van der Waals surface area (Å²) in [7, 11) is 0. The maximum absolute atomic E-state index is 13.5. The van der Waals surface area contributed by atoms with Crippen LogP contribution in [0.5, 0.6) is 0 Å². The number of hydrogen-bond donors (Lipinski definition) is 0. The maximum atomic E-state index is 13.5. The molecule has 0 saturated heterocycles. The lowest BCUT2D eigenvalue weighted by Gasteiger charge is -2.35. The molecular formula is C11H6BrF11N2. The Morgan fingerprint density at radius 1 is 0.840 bits per heavy atom. The van der Waals surface area contributed by atoms with E-state index in [1.165, 1.54) is 0 Å². The molecule has 1 unspecified atom stereocenters. The van der Waals surface area contributed by atoms with Crippen LogP contribution in [0, 0.1) is 28.1 Å². The Balaban J connectivity index is 5.88. The van der Waals surface area contributed by atoms with Gasteiger partial charge in [0, 0.05) is 12.8 Å². The van der Waals surface area contributed by atoms with Crippen molar-refractivity contribution in [3.05, 3.63) is 0 Å². The highest BCUT2D eigenvalue weighted by molar-refractivity contribution is 9.09. The monoisotopic (exact) mass is 454 g/mol. The molecule has 0 aliphatic heterocycles. The Bertz CT molecular complexity index is 544. The molecule has 0 bridgehead atoms. The van der Waals surface area contributed by atoms with E-state index in [1.54, 1.807) is 0 Å². The fraction of sp³-hybridized carbons (Fsp3) is 0.818. The van der Waals surface area contributed by atoms with Crippen molar-refractivity contribution in [3.8, 4) is 12.1 Å². The minimum absolute atomic E-state index is 0.640. The van der Waals surface area contributed by atoms with Crippen LogP contribution in [0.2, 0.25) is 0 Å². The highest BCUT2D eigenvalue weighted by Crippen LogP contribution is 2.53. The van der Waals surface area contributed by atoms with Crippen LogP contribution in [0.4, 0.5) is 48.3 Å². The predicted molar refractivity (Wildman–Crippen MR) is 62.5 cm³/mol. The van der Waals surface area contributed by atoms with Gasteiger partial charge in [0.05, 0.1) is 12.1 Å². The summed E-state index contributed by atoms with van der Waals surface area (Å²) >= 11 is 1.91. The fourth-order valence-corrected chi connectivity index (χ4v) is 2.11. The maximum Gasteiger partial charge on any atom is 0.401 e. The molecule has 0 radical (unpaired) electrons. The summed E-state index contributed by atoms with van der Waals surface area (Å²) in [4.78, 5) is -2.79. The molecule has 0 spiro atoms. The molecule has 0 aromatic rings. The summed E-state index contributed by atoms with van der Waals surface area (Å²) < 4.78 is 140. The van der Waals surface area contributed by atoms with Crippen LogP contribution in [-0.2, 0) is 0 Å². The zero-order valence-electron chi connectivity index (χ0n) is 11.5. The van der Waals surface area contributed by atoms with Gasteiger partial charge in [-0.3, -0.25) is 0 Å². The Kier molecular flexibility index (Phi) is 6.76. The molecule has 0 saturated carbocycles. The van der Waals surface area contributed by atoms with Gasteiger partial charge in [0.15, 0.2) is 5.41 Å². The van der Waals surface area contributed by atoms with Gasteiger partial charge < -0.3 is 0 Å². The molecule has 0 rings (SSSR count). The number of halogens is 12. The van der Waals surface area contributed by atoms with Gasteiger partial charge >= 0.3 is 30.4 Å². The van der Waals surface area contributed by atoms with E-state index in [-0.39, 0.29) is 0 Å². The van der Waals surface area contributed by atoms with Gasteiger partial charge in [-0.15, -0.1) is 0 Å². The van der Waals surface area contributed by atoms with Crippen LogP contribution >= 0.6 is 15.9 Å². The number of hydrogen-bond acceptors (Lipinski definition) is 2. The summed E-state index contributed by atoms with van der Waals surface area (Å²) in [6, 6.07) is 1.28. The van der Waals surface area contributed by atoms with E-state index in [9.17, 15) is 48.3 Å². The van der Waals surface area contributed by atoms with Crippen molar-refractivity contribution in [3.63, 3.8) is 0 Å². The highest BCUT2D eigenvalue weighted by Gasteiger charge is 2.76. The van der Waals surface area contributed by atoms with Gasteiger partial charge in [-0.2, -0.15) is 50.0 Å². The van der Waals surface area contributed by atoms with Crippen molar-refractivity contribution in [2.75, 3.05) is 0 Å². The molecule has 14 heteroatoms. The van der Waals surface area contributed by atoms with Crippen molar-refractivity contribution in [2.45, 2.75) is 48.0 Å². The summed E-state index contributed by atoms with van der Waals surface area (Å²) in [6.45, 7) is 0. The molecule has 144 valence electrons. The van der Waals surface area contributed by atoms with Gasteiger partial charge in [-0.25, -0.2) is 8.78 Å². The molecule has 0 N–H and O–H groups in total. The lowest BCUT2D eigenvalue weighted by molar-refractivity contribution is -0.342. The zero-order valence-corrected chi connectivity index (χ0v) is 13.1. The Hall–Kier alpha value is -1.31. The number of nitriles is 2. The minimum atomic E-state index is -6.73. The van der Waals surface area contributed by atoms with Crippen molar-refractivity contribution < 1.29 is 48.3 Å². The zero-order chi connectivity index (χ0) is 20.5. The van der Waals surface area contributed by atoms with Crippen molar-refractivity contribution in [2.24, 2.45) is 5.41 Å². The van der Waals surface area contributed by atoms with E-state index in [0.717, 1.165) is 0 Å². The summed E-state index contributed by atoms with van der Waals surface area (Å²) in [6.07, 6.45) is -15.1. The van der Waals surface area contributed by atoms with E-state index < -0.39 is 53.5 Å². The van der Waals surface area contributed by atoms with Crippen LogP contribution in [0.3, 0.4) is 0 Å². The van der Waals surface area contributed by atoms with E-state index in [4.69, 9.17) is 10.5 Å². The molecule has 0 amide bonds. The Morgan fingerprint density at radius 3 is 1.52 bits per heavy atom. The molecule has 0 aliphatic rings. The minimum Gasteiger partial charge on any atom is -0.203 e. The Morgan fingerprint density at radius 2 is 1.24 bits per heavy atom. The first-order valence-electron chi connectivity index (χ1n) is 5.85. The van der Waals surface area contributed by atoms with Crippen LogP contribution in [0.15, 0.2) is 0 Å². The van der Waals surface area contributed by atoms with E-state index >= 15 is 0 Å². The first-order chi connectivity index (χ1) is 10.9. The fourth-order valence-electron chi connectivity index (χ4n) is 1.56. The number of nitrogens with zero attached hydrogens (tertiary/aromatic N) is 2. The first-order valence-corrected chi connectivity index (χ1v) is 6.76. The van der Waals surface area contributed by atoms with Gasteiger partial charge in [0.1, 0.15) is 4.83 Å². The van der Waals surface area contributed by atoms with Gasteiger partial charge in [-0.1, -0.05) is 15.9 Å². The molecule has 1 atom stereocenters. The lowest BCUT2D eigenvalue weighted by Crippen LogP contribution is -2.58. The predicted octanol–water partition coefficient (Wildman–Crippen LogP) is 5.30. The average molecular weight is 455 g/mol. The van der Waals surface area contributed by atoms with Gasteiger partial charge in [0.2, 0.25) is 0 Å². The van der Waals surface area contributed by atoms with Crippen molar-refractivity contribution in [1.29, 1.82) is 10.5 Å². The summed E-state index contributed by atoms with van der Waals surface area (Å²) in [5.41, 5.74) is -3.51. The number of alkyl halides is 12. The van der Waals surface area contributed by atoms with E-state index in [1.807, 2.05) is 15.9 Å². The van der Waals surface area contributed by atoms with Gasteiger partial charge in [0.25, 0.3) is 0 Å². The topological polar surface area (TPSA) is 47.6 Å². The molecule has 25 heavy (non-hydrogen) atoms. The molecule has 0 fully saturated rings. The van der Waals surface area contributed by atoms with Gasteiger partial charge in [-0.05, 0) is 0 Å². The third-order valence-electron chi connectivity index (χ3n) is 2.99. The highest BCUT2D eigenvalue weighted by atomic mass is 79.9.